The third kappa shape index (κ3) is 8.23. The van der Waals surface area contributed by atoms with Crippen LogP contribution in [0.25, 0.3) is 10.9 Å². The van der Waals surface area contributed by atoms with Crippen LogP contribution < -0.4 is 15.4 Å². The maximum absolute atomic E-state index is 14.2. The molecule has 2 atom stereocenters. The summed E-state index contributed by atoms with van der Waals surface area (Å²) in [4.78, 5) is 84.6. The summed E-state index contributed by atoms with van der Waals surface area (Å²) in [6.45, 7) is 2.32. The maximum atomic E-state index is 14.2. The van der Waals surface area contributed by atoms with Crippen LogP contribution in [0.4, 0.5) is 9.18 Å². The Morgan fingerprint density at radius 1 is 1.02 bits per heavy atom. The SMILES string of the molecule is CCOC(=O)N1CCN(C(=O)C(CC(=O)O)NC(=O)c2cc(OCC(=O)N3CCCC3C(=O)NC3CC3)c3ccc(F)cc3n2)CC1. The van der Waals surface area contributed by atoms with Gasteiger partial charge in [0.1, 0.15) is 29.3 Å². The van der Waals surface area contributed by atoms with Crippen molar-refractivity contribution in [2.24, 2.45) is 0 Å². The van der Waals surface area contributed by atoms with Gasteiger partial charge in [-0.1, -0.05) is 0 Å². The van der Waals surface area contributed by atoms with Gasteiger partial charge in [0, 0.05) is 56.3 Å². The van der Waals surface area contributed by atoms with E-state index in [1.807, 2.05) is 0 Å². The number of nitrogens with zero attached hydrogens (tertiary/aromatic N) is 4. The highest BCUT2D eigenvalue weighted by Crippen LogP contribution is 2.28. The minimum absolute atomic E-state index is 0.0270. The summed E-state index contributed by atoms with van der Waals surface area (Å²) in [6, 6.07) is 2.92. The van der Waals surface area contributed by atoms with Crippen LogP contribution in [0.2, 0.25) is 0 Å². The molecular formula is C31H37FN6O9. The summed E-state index contributed by atoms with van der Waals surface area (Å²) in [6.07, 6.45) is 1.78. The van der Waals surface area contributed by atoms with Gasteiger partial charge < -0.3 is 39.9 Å². The number of fused-ring (bicyclic) bond motifs is 1. The average Bonchev–Trinajstić information content (AvgIpc) is 3.72. The van der Waals surface area contributed by atoms with E-state index < -0.39 is 60.7 Å². The van der Waals surface area contributed by atoms with Gasteiger partial charge in [-0.2, -0.15) is 0 Å². The van der Waals surface area contributed by atoms with E-state index in [1.165, 1.54) is 32.9 Å². The number of ether oxygens (including phenoxy) is 2. The highest BCUT2D eigenvalue weighted by atomic mass is 19.1. The number of carboxylic acids is 1. The molecular weight excluding hydrogens is 619 g/mol. The molecule has 2 aromatic rings. The lowest BCUT2D eigenvalue weighted by Crippen LogP contribution is -2.56. The Labute approximate surface area is 269 Å². The zero-order valence-electron chi connectivity index (χ0n) is 25.9. The van der Waals surface area contributed by atoms with E-state index in [0.29, 0.717) is 24.8 Å². The topological polar surface area (TPSA) is 188 Å². The number of carboxylic acid groups (broad SMARTS) is 1. The molecule has 3 heterocycles. The number of amides is 5. The third-order valence-electron chi connectivity index (χ3n) is 8.22. The number of carbonyl (C=O) groups excluding carboxylic acids is 5. The minimum Gasteiger partial charge on any atom is -0.483 e. The lowest BCUT2D eigenvalue weighted by molar-refractivity contribution is -0.143. The second kappa shape index (κ2) is 14.6. The Hall–Kier alpha value is -5.02. The number of carbonyl (C=O) groups is 6. The maximum Gasteiger partial charge on any atom is 0.409 e. The minimum atomic E-state index is -1.47. The molecule has 1 aromatic heterocycles. The van der Waals surface area contributed by atoms with E-state index >= 15 is 0 Å². The van der Waals surface area contributed by atoms with Gasteiger partial charge in [-0.15, -0.1) is 0 Å². The predicted octanol–water partition coefficient (Wildman–Crippen LogP) is 0.896. The van der Waals surface area contributed by atoms with Crippen molar-refractivity contribution in [1.29, 1.82) is 0 Å². The molecule has 1 aliphatic carbocycles. The fourth-order valence-corrected chi connectivity index (χ4v) is 5.64. The lowest BCUT2D eigenvalue weighted by Gasteiger charge is -2.35. The smallest absolute Gasteiger partial charge is 0.409 e. The first kappa shape index (κ1) is 33.3. The summed E-state index contributed by atoms with van der Waals surface area (Å²) in [5.74, 6) is -4.18. The summed E-state index contributed by atoms with van der Waals surface area (Å²) in [7, 11) is 0. The van der Waals surface area contributed by atoms with Gasteiger partial charge >= 0.3 is 12.1 Å². The van der Waals surface area contributed by atoms with Gasteiger partial charge in [0.25, 0.3) is 11.8 Å². The van der Waals surface area contributed by atoms with Crippen LogP contribution in [0.5, 0.6) is 5.75 Å². The molecule has 2 saturated heterocycles. The summed E-state index contributed by atoms with van der Waals surface area (Å²) in [5, 5.41) is 15.1. The first-order chi connectivity index (χ1) is 22.5. The number of hydrogen-bond acceptors (Lipinski definition) is 9. The van der Waals surface area contributed by atoms with Crippen LogP contribution in [-0.4, -0.2) is 125 Å². The molecule has 252 valence electrons. The molecule has 5 amide bonds. The number of halogens is 1. The molecule has 0 radical (unpaired) electrons. The van der Waals surface area contributed by atoms with Crippen molar-refractivity contribution in [2.75, 3.05) is 45.9 Å². The first-order valence-electron chi connectivity index (χ1n) is 15.6. The molecule has 0 bridgehead atoms. The molecule has 3 fully saturated rings. The number of pyridine rings is 1. The number of aliphatic carboxylic acids is 1. The summed E-state index contributed by atoms with van der Waals surface area (Å²) < 4.78 is 25.0. The van der Waals surface area contributed by atoms with Crippen molar-refractivity contribution in [2.45, 2.75) is 57.2 Å². The van der Waals surface area contributed by atoms with Crippen LogP contribution in [0, 0.1) is 5.82 Å². The van der Waals surface area contributed by atoms with Crippen molar-refractivity contribution in [3.8, 4) is 5.75 Å². The number of nitrogens with one attached hydrogen (secondary N) is 2. The normalized spacial score (nSPS) is 18.4. The average molecular weight is 657 g/mol. The van der Waals surface area contributed by atoms with Gasteiger partial charge in [-0.05, 0) is 44.7 Å². The molecule has 0 spiro atoms. The quantitative estimate of drug-likeness (QED) is 0.314. The number of rotatable bonds is 11. The number of benzene rings is 1. The standard InChI is InChI=1S/C31H37FN6O9/c1-2-46-31(45)37-12-10-36(11-13-37)30(44)23(16-27(40)41)35-28(42)22-15-25(20-8-5-18(32)14-21(20)34-22)47-17-26(39)38-9-3-4-24(38)29(43)33-19-6-7-19/h5,8,14-15,19,23-24H,2-4,6-7,9-13,16-17H2,1H3,(H,33,43)(H,35,42)(H,40,41). The second-order valence-corrected chi connectivity index (χ2v) is 11.6. The van der Waals surface area contributed by atoms with Crippen molar-refractivity contribution in [1.82, 2.24) is 30.3 Å². The molecule has 16 heteroatoms. The van der Waals surface area contributed by atoms with Gasteiger partial charge in [0.2, 0.25) is 11.8 Å². The van der Waals surface area contributed by atoms with Gasteiger partial charge in [0.05, 0.1) is 18.5 Å². The molecule has 1 saturated carbocycles. The Balaban J connectivity index is 1.29. The zero-order valence-corrected chi connectivity index (χ0v) is 25.9. The van der Waals surface area contributed by atoms with E-state index in [4.69, 9.17) is 9.47 Å². The van der Waals surface area contributed by atoms with Crippen LogP contribution >= 0.6 is 0 Å². The fourth-order valence-electron chi connectivity index (χ4n) is 5.64. The van der Waals surface area contributed by atoms with Gasteiger partial charge in [-0.25, -0.2) is 14.2 Å². The molecule has 5 rings (SSSR count). The Morgan fingerprint density at radius 3 is 2.43 bits per heavy atom. The highest BCUT2D eigenvalue weighted by molar-refractivity contribution is 6.00. The van der Waals surface area contributed by atoms with Crippen molar-refractivity contribution in [3.05, 3.63) is 35.8 Å². The monoisotopic (exact) mass is 656 g/mol. The van der Waals surface area contributed by atoms with Crippen LogP contribution in [-0.2, 0) is 23.9 Å². The first-order valence-corrected chi connectivity index (χ1v) is 15.6. The van der Waals surface area contributed by atoms with Gasteiger partial charge in [0.15, 0.2) is 6.61 Å². The molecule has 2 aliphatic heterocycles. The van der Waals surface area contributed by atoms with Crippen LogP contribution in [0.3, 0.4) is 0 Å². The number of likely N-dealkylation sites (tertiary alicyclic amines) is 1. The Morgan fingerprint density at radius 2 is 1.74 bits per heavy atom. The lowest BCUT2D eigenvalue weighted by atomic mass is 10.1. The van der Waals surface area contributed by atoms with Crippen molar-refractivity contribution < 1.29 is 47.7 Å². The third-order valence-corrected chi connectivity index (χ3v) is 8.22. The number of aromatic nitrogens is 1. The highest BCUT2D eigenvalue weighted by Gasteiger charge is 2.37. The summed E-state index contributed by atoms with van der Waals surface area (Å²) >= 11 is 0. The Kier molecular flexibility index (Phi) is 10.4. The fraction of sp³-hybridized carbons (Fsp3) is 0.516. The molecule has 47 heavy (non-hydrogen) atoms. The van der Waals surface area contributed by atoms with Crippen molar-refractivity contribution in [3.63, 3.8) is 0 Å². The van der Waals surface area contributed by atoms with E-state index in [1.54, 1.807) is 6.92 Å². The van der Waals surface area contributed by atoms with E-state index in [2.05, 4.69) is 15.6 Å². The predicted molar refractivity (Wildman–Crippen MR) is 162 cm³/mol. The largest absolute Gasteiger partial charge is 0.483 e. The molecule has 1 aromatic carbocycles. The molecule has 3 N–H and O–H groups in total. The summed E-state index contributed by atoms with van der Waals surface area (Å²) in [5.41, 5.74) is -0.275. The Bertz CT molecular complexity index is 1560. The van der Waals surface area contributed by atoms with E-state index in [0.717, 1.165) is 18.9 Å². The molecule has 3 aliphatic rings. The van der Waals surface area contributed by atoms with Gasteiger partial charge in [-0.3, -0.25) is 24.0 Å². The molecule has 15 nitrogen and oxygen atoms in total. The number of hydrogen-bond donors (Lipinski definition) is 3. The van der Waals surface area contributed by atoms with Crippen LogP contribution in [0.1, 0.15) is 49.5 Å². The van der Waals surface area contributed by atoms with E-state index in [9.17, 15) is 38.3 Å². The number of piperazine rings is 1. The molecule has 2 unspecified atom stereocenters. The van der Waals surface area contributed by atoms with Crippen LogP contribution in [0.15, 0.2) is 24.3 Å². The second-order valence-electron chi connectivity index (χ2n) is 11.6. The van der Waals surface area contributed by atoms with Crippen molar-refractivity contribution >= 4 is 46.6 Å². The zero-order chi connectivity index (χ0) is 33.7. The van der Waals surface area contributed by atoms with E-state index in [-0.39, 0.29) is 61.7 Å².